The van der Waals surface area contributed by atoms with Gasteiger partial charge in [-0.1, -0.05) is 17.7 Å². The number of aryl methyl sites for hydroxylation is 1. The van der Waals surface area contributed by atoms with Crippen molar-refractivity contribution in [2.75, 3.05) is 40.5 Å². The third-order valence-electron chi connectivity index (χ3n) is 4.28. The SMILES string of the molecule is CN=C(NCc1coc(-c2ccc(C)cc2)n1)N1CCOC(COC)C1. The molecular weight excluding hydrogens is 332 g/mol. The molecule has 7 heteroatoms. The van der Waals surface area contributed by atoms with Gasteiger partial charge in [0.2, 0.25) is 5.89 Å². The molecular formula is C19H26N4O3. The summed E-state index contributed by atoms with van der Waals surface area (Å²) in [6.45, 7) is 5.40. The van der Waals surface area contributed by atoms with Gasteiger partial charge in [-0.25, -0.2) is 4.98 Å². The van der Waals surface area contributed by atoms with Gasteiger partial charge in [-0.15, -0.1) is 0 Å². The fourth-order valence-electron chi connectivity index (χ4n) is 2.92. The molecule has 2 heterocycles. The van der Waals surface area contributed by atoms with E-state index in [9.17, 15) is 0 Å². The monoisotopic (exact) mass is 358 g/mol. The number of methoxy groups -OCH3 is 1. The number of hydrogen-bond donors (Lipinski definition) is 1. The van der Waals surface area contributed by atoms with Crippen LogP contribution >= 0.6 is 0 Å². The third-order valence-corrected chi connectivity index (χ3v) is 4.28. The van der Waals surface area contributed by atoms with Crippen LogP contribution in [0.3, 0.4) is 0 Å². The number of morpholine rings is 1. The quantitative estimate of drug-likeness (QED) is 0.652. The van der Waals surface area contributed by atoms with Gasteiger partial charge >= 0.3 is 0 Å². The molecule has 140 valence electrons. The first-order valence-electron chi connectivity index (χ1n) is 8.77. The van der Waals surface area contributed by atoms with E-state index in [4.69, 9.17) is 13.9 Å². The van der Waals surface area contributed by atoms with E-state index < -0.39 is 0 Å². The van der Waals surface area contributed by atoms with Gasteiger partial charge in [0.1, 0.15) is 6.26 Å². The lowest BCUT2D eigenvalue weighted by Crippen LogP contribution is -2.51. The summed E-state index contributed by atoms with van der Waals surface area (Å²) in [4.78, 5) is 11.1. The Hall–Kier alpha value is -2.38. The molecule has 3 rings (SSSR count). The lowest BCUT2D eigenvalue weighted by atomic mass is 10.1. The van der Waals surface area contributed by atoms with E-state index in [2.05, 4.69) is 27.1 Å². The van der Waals surface area contributed by atoms with Crippen LogP contribution in [0.15, 0.2) is 39.9 Å². The summed E-state index contributed by atoms with van der Waals surface area (Å²) in [6.07, 6.45) is 1.75. The summed E-state index contributed by atoms with van der Waals surface area (Å²) in [6, 6.07) is 8.13. The molecule has 2 aromatic rings. The predicted octanol–water partition coefficient (Wildman–Crippen LogP) is 2.07. The van der Waals surface area contributed by atoms with Gasteiger partial charge in [0.15, 0.2) is 5.96 Å². The van der Waals surface area contributed by atoms with E-state index in [-0.39, 0.29) is 6.10 Å². The average molecular weight is 358 g/mol. The smallest absolute Gasteiger partial charge is 0.226 e. The van der Waals surface area contributed by atoms with Gasteiger partial charge in [-0.3, -0.25) is 4.99 Å². The van der Waals surface area contributed by atoms with Crippen molar-refractivity contribution in [2.24, 2.45) is 4.99 Å². The molecule has 1 aromatic heterocycles. The third kappa shape index (κ3) is 4.62. The Morgan fingerprint density at radius 1 is 1.38 bits per heavy atom. The van der Waals surface area contributed by atoms with Crippen molar-refractivity contribution in [1.29, 1.82) is 0 Å². The number of oxazole rings is 1. The normalized spacial score (nSPS) is 18.2. The number of hydrogen-bond acceptors (Lipinski definition) is 5. The minimum Gasteiger partial charge on any atom is -0.444 e. The Labute approximate surface area is 154 Å². The average Bonchev–Trinajstić information content (AvgIpc) is 3.12. The maximum atomic E-state index is 5.69. The van der Waals surface area contributed by atoms with Gasteiger partial charge in [0.05, 0.1) is 31.6 Å². The molecule has 1 unspecified atom stereocenters. The number of guanidine groups is 1. The van der Waals surface area contributed by atoms with Crippen molar-refractivity contribution in [3.8, 4) is 11.5 Å². The summed E-state index contributed by atoms with van der Waals surface area (Å²) in [5.41, 5.74) is 3.02. The van der Waals surface area contributed by atoms with Crippen molar-refractivity contribution in [3.63, 3.8) is 0 Å². The maximum absolute atomic E-state index is 5.69. The van der Waals surface area contributed by atoms with Crippen LogP contribution in [0, 0.1) is 6.92 Å². The highest BCUT2D eigenvalue weighted by molar-refractivity contribution is 5.80. The fraction of sp³-hybridized carbons (Fsp3) is 0.474. The molecule has 1 N–H and O–H groups in total. The number of ether oxygens (including phenoxy) is 2. The van der Waals surface area contributed by atoms with E-state index in [1.54, 1.807) is 20.4 Å². The highest BCUT2D eigenvalue weighted by atomic mass is 16.5. The van der Waals surface area contributed by atoms with Crippen molar-refractivity contribution in [3.05, 3.63) is 41.8 Å². The summed E-state index contributed by atoms with van der Waals surface area (Å²) < 4.78 is 16.5. The molecule has 1 aromatic carbocycles. The molecule has 0 amide bonds. The Kier molecular flexibility index (Phi) is 6.25. The van der Waals surface area contributed by atoms with Crippen LogP contribution in [0.25, 0.3) is 11.5 Å². The number of benzene rings is 1. The first-order chi connectivity index (χ1) is 12.7. The standard InChI is InChI=1S/C19H26N4O3/c1-14-4-6-15(7-5-14)18-22-16(12-26-18)10-21-19(20-2)23-8-9-25-17(11-23)13-24-3/h4-7,12,17H,8-11,13H2,1-3H3,(H,20,21). The number of nitrogens with zero attached hydrogens (tertiary/aromatic N) is 3. The molecule has 1 saturated heterocycles. The van der Waals surface area contributed by atoms with Crippen molar-refractivity contribution >= 4 is 5.96 Å². The molecule has 26 heavy (non-hydrogen) atoms. The van der Waals surface area contributed by atoms with Crippen LogP contribution in [0.2, 0.25) is 0 Å². The van der Waals surface area contributed by atoms with Crippen LogP contribution in [0.5, 0.6) is 0 Å². The maximum Gasteiger partial charge on any atom is 0.226 e. The summed E-state index contributed by atoms with van der Waals surface area (Å²) in [5.74, 6) is 1.46. The van der Waals surface area contributed by atoms with Crippen LogP contribution < -0.4 is 5.32 Å². The molecule has 1 aliphatic heterocycles. The molecule has 0 saturated carbocycles. The van der Waals surface area contributed by atoms with E-state index >= 15 is 0 Å². The van der Waals surface area contributed by atoms with Gasteiger partial charge in [-0.2, -0.15) is 0 Å². The first kappa shape index (κ1) is 18.4. The van der Waals surface area contributed by atoms with Crippen LogP contribution in [-0.2, 0) is 16.0 Å². The zero-order valence-electron chi connectivity index (χ0n) is 15.6. The molecule has 1 aliphatic rings. The van der Waals surface area contributed by atoms with Crippen LogP contribution in [0.1, 0.15) is 11.3 Å². The number of aromatic nitrogens is 1. The Bertz CT molecular complexity index is 725. The summed E-state index contributed by atoms with van der Waals surface area (Å²) in [5, 5.41) is 3.35. The number of rotatable bonds is 5. The molecule has 0 spiro atoms. The van der Waals surface area contributed by atoms with E-state index in [0.717, 1.165) is 30.3 Å². The second kappa shape index (κ2) is 8.82. The van der Waals surface area contributed by atoms with E-state index in [0.29, 0.717) is 25.6 Å². The van der Waals surface area contributed by atoms with E-state index in [1.165, 1.54) is 5.56 Å². The van der Waals surface area contributed by atoms with Crippen LogP contribution in [0.4, 0.5) is 0 Å². The largest absolute Gasteiger partial charge is 0.444 e. The molecule has 0 bridgehead atoms. The summed E-state index contributed by atoms with van der Waals surface area (Å²) >= 11 is 0. The van der Waals surface area contributed by atoms with Crippen molar-refractivity contribution < 1.29 is 13.9 Å². The van der Waals surface area contributed by atoms with E-state index in [1.807, 2.05) is 24.3 Å². The fourth-order valence-corrected chi connectivity index (χ4v) is 2.92. The molecule has 0 radical (unpaired) electrons. The van der Waals surface area contributed by atoms with Crippen LogP contribution in [-0.4, -0.2) is 62.4 Å². The minimum absolute atomic E-state index is 0.0625. The highest BCUT2D eigenvalue weighted by Crippen LogP contribution is 2.19. The van der Waals surface area contributed by atoms with Gasteiger partial charge in [0.25, 0.3) is 0 Å². The number of aliphatic imine (C=N–C) groups is 1. The van der Waals surface area contributed by atoms with Gasteiger partial charge in [-0.05, 0) is 19.1 Å². The van der Waals surface area contributed by atoms with Gasteiger partial charge in [0, 0.05) is 32.8 Å². The first-order valence-corrected chi connectivity index (χ1v) is 8.77. The lowest BCUT2D eigenvalue weighted by Gasteiger charge is -2.34. The molecule has 1 fully saturated rings. The second-order valence-corrected chi connectivity index (χ2v) is 6.30. The Balaban J connectivity index is 1.58. The second-order valence-electron chi connectivity index (χ2n) is 6.30. The zero-order valence-corrected chi connectivity index (χ0v) is 15.6. The van der Waals surface area contributed by atoms with Crippen molar-refractivity contribution in [1.82, 2.24) is 15.2 Å². The van der Waals surface area contributed by atoms with Gasteiger partial charge < -0.3 is 24.1 Å². The molecule has 1 atom stereocenters. The zero-order chi connectivity index (χ0) is 18.4. The minimum atomic E-state index is 0.0625. The number of nitrogens with one attached hydrogen (secondary N) is 1. The molecule has 7 nitrogen and oxygen atoms in total. The van der Waals surface area contributed by atoms with Crippen molar-refractivity contribution in [2.45, 2.75) is 19.6 Å². The highest BCUT2D eigenvalue weighted by Gasteiger charge is 2.22. The topological polar surface area (TPSA) is 72.1 Å². The summed E-state index contributed by atoms with van der Waals surface area (Å²) in [7, 11) is 3.47. The Morgan fingerprint density at radius 2 is 2.19 bits per heavy atom. The predicted molar refractivity (Wildman–Crippen MR) is 100 cm³/mol. The Morgan fingerprint density at radius 3 is 2.92 bits per heavy atom. The lowest BCUT2D eigenvalue weighted by molar-refractivity contribution is -0.0447. The molecule has 0 aliphatic carbocycles.